The molecular weight excluding hydrogens is 310 g/mol. The Morgan fingerprint density at radius 3 is 2.42 bits per heavy atom. The van der Waals surface area contributed by atoms with E-state index in [1.807, 2.05) is 6.07 Å². The Morgan fingerprint density at radius 2 is 1.83 bits per heavy atom. The van der Waals surface area contributed by atoms with Gasteiger partial charge in [-0.3, -0.25) is 14.4 Å². The predicted molar refractivity (Wildman–Crippen MR) is 88.0 cm³/mol. The van der Waals surface area contributed by atoms with Gasteiger partial charge >= 0.3 is 5.97 Å². The van der Waals surface area contributed by atoms with Gasteiger partial charge < -0.3 is 9.64 Å². The molecular formula is C17H19N3O4. The van der Waals surface area contributed by atoms with E-state index in [0.29, 0.717) is 5.69 Å². The standard InChI is InChI=1S/C17H19N3O4/c1-12(2)19(11-16(22)24-3)17(23)14-9-10-15(21)20(18-14)13-7-5-4-6-8-13/h4-10,12H,11H2,1-3H3. The third-order valence-electron chi connectivity index (χ3n) is 3.43. The number of amides is 1. The molecule has 0 spiro atoms. The second kappa shape index (κ2) is 7.54. The van der Waals surface area contributed by atoms with E-state index < -0.39 is 11.9 Å². The van der Waals surface area contributed by atoms with Crippen LogP contribution in [0.25, 0.3) is 5.69 Å². The van der Waals surface area contributed by atoms with Crippen LogP contribution in [0.4, 0.5) is 0 Å². The molecule has 0 fully saturated rings. The van der Waals surface area contributed by atoms with Crippen molar-refractivity contribution in [2.24, 2.45) is 0 Å². The Hall–Kier alpha value is -2.96. The van der Waals surface area contributed by atoms with Crippen molar-refractivity contribution in [3.05, 3.63) is 58.5 Å². The van der Waals surface area contributed by atoms with Crippen LogP contribution in [0.3, 0.4) is 0 Å². The van der Waals surface area contributed by atoms with Crippen LogP contribution in [0, 0.1) is 0 Å². The van der Waals surface area contributed by atoms with Gasteiger partial charge in [-0.2, -0.15) is 9.78 Å². The predicted octanol–water partition coefficient (Wildman–Crippen LogP) is 1.26. The number of esters is 1. The first-order chi connectivity index (χ1) is 11.4. The maximum atomic E-state index is 12.7. The third-order valence-corrected chi connectivity index (χ3v) is 3.43. The van der Waals surface area contributed by atoms with E-state index in [0.717, 1.165) is 4.68 Å². The number of aromatic nitrogens is 2. The molecule has 0 N–H and O–H groups in total. The van der Waals surface area contributed by atoms with Gasteiger partial charge in [-0.25, -0.2) is 0 Å². The molecule has 1 aromatic heterocycles. The second-order valence-electron chi connectivity index (χ2n) is 5.41. The minimum absolute atomic E-state index is 0.0797. The molecule has 0 radical (unpaired) electrons. The number of methoxy groups -OCH3 is 1. The number of carbonyl (C=O) groups is 2. The van der Waals surface area contributed by atoms with Gasteiger partial charge in [-0.1, -0.05) is 18.2 Å². The normalized spacial score (nSPS) is 10.5. The molecule has 0 bridgehead atoms. The van der Waals surface area contributed by atoms with Crippen molar-refractivity contribution in [1.82, 2.24) is 14.7 Å². The molecule has 0 aliphatic carbocycles. The number of hydrogen-bond acceptors (Lipinski definition) is 5. The topological polar surface area (TPSA) is 81.5 Å². The maximum Gasteiger partial charge on any atom is 0.325 e. The number of hydrogen-bond donors (Lipinski definition) is 0. The average molecular weight is 329 g/mol. The van der Waals surface area contributed by atoms with Crippen LogP contribution in [-0.4, -0.2) is 46.3 Å². The van der Waals surface area contributed by atoms with Gasteiger partial charge in [0, 0.05) is 12.1 Å². The van der Waals surface area contributed by atoms with E-state index >= 15 is 0 Å². The number of rotatable bonds is 5. The average Bonchev–Trinajstić information content (AvgIpc) is 2.59. The molecule has 0 unspecified atom stereocenters. The third kappa shape index (κ3) is 3.87. The smallest absolute Gasteiger partial charge is 0.325 e. The minimum atomic E-state index is -0.520. The van der Waals surface area contributed by atoms with Gasteiger partial charge in [-0.15, -0.1) is 0 Å². The summed E-state index contributed by atoms with van der Waals surface area (Å²) in [4.78, 5) is 37.6. The first-order valence-corrected chi connectivity index (χ1v) is 7.47. The summed E-state index contributed by atoms with van der Waals surface area (Å²) >= 11 is 0. The summed E-state index contributed by atoms with van der Waals surface area (Å²) in [6, 6.07) is 11.2. The summed E-state index contributed by atoms with van der Waals surface area (Å²) < 4.78 is 5.78. The van der Waals surface area contributed by atoms with E-state index in [1.165, 1.54) is 24.1 Å². The molecule has 0 aliphatic heterocycles. The van der Waals surface area contributed by atoms with Gasteiger partial charge in [0.1, 0.15) is 12.2 Å². The van der Waals surface area contributed by atoms with Crippen molar-refractivity contribution in [2.45, 2.75) is 19.9 Å². The second-order valence-corrected chi connectivity index (χ2v) is 5.41. The fourth-order valence-corrected chi connectivity index (χ4v) is 2.12. The molecule has 0 saturated carbocycles. The highest BCUT2D eigenvalue weighted by Crippen LogP contribution is 2.08. The van der Waals surface area contributed by atoms with Crippen molar-refractivity contribution in [3.8, 4) is 5.69 Å². The molecule has 0 saturated heterocycles. The molecule has 0 atom stereocenters. The zero-order valence-corrected chi connectivity index (χ0v) is 13.8. The zero-order chi connectivity index (χ0) is 17.7. The Kier molecular flexibility index (Phi) is 5.47. The summed E-state index contributed by atoms with van der Waals surface area (Å²) in [6.07, 6.45) is 0. The van der Waals surface area contributed by atoms with Gasteiger partial charge in [0.2, 0.25) is 0 Å². The first-order valence-electron chi connectivity index (χ1n) is 7.47. The van der Waals surface area contributed by atoms with Crippen LogP contribution < -0.4 is 5.56 Å². The van der Waals surface area contributed by atoms with Gasteiger partial charge in [-0.05, 0) is 32.0 Å². The SMILES string of the molecule is COC(=O)CN(C(=O)c1ccc(=O)n(-c2ccccc2)n1)C(C)C. The summed E-state index contributed by atoms with van der Waals surface area (Å²) in [5, 5.41) is 4.14. The highest BCUT2D eigenvalue weighted by molar-refractivity contribution is 5.94. The van der Waals surface area contributed by atoms with Crippen molar-refractivity contribution in [1.29, 1.82) is 0 Å². The number of benzene rings is 1. The van der Waals surface area contributed by atoms with Crippen LogP contribution >= 0.6 is 0 Å². The molecule has 1 aromatic carbocycles. The van der Waals surface area contributed by atoms with E-state index in [1.54, 1.807) is 38.1 Å². The molecule has 2 aromatic rings. The van der Waals surface area contributed by atoms with E-state index in [-0.39, 0.29) is 23.8 Å². The molecule has 7 nitrogen and oxygen atoms in total. The molecule has 2 rings (SSSR count). The largest absolute Gasteiger partial charge is 0.468 e. The summed E-state index contributed by atoms with van der Waals surface area (Å²) in [7, 11) is 1.26. The maximum absolute atomic E-state index is 12.7. The van der Waals surface area contributed by atoms with E-state index in [4.69, 9.17) is 0 Å². The van der Waals surface area contributed by atoms with Gasteiger partial charge in [0.25, 0.3) is 11.5 Å². The molecule has 0 aliphatic rings. The van der Waals surface area contributed by atoms with Crippen LogP contribution in [0.1, 0.15) is 24.3 Å². The molecule has 1 heterocycles. The Labute approximate surface area is 139 Å². The number of carbonyl (C=O) groups excluding carboxylic acids is 2. The van der Waals surface area contributed by atoms with Crippen molar-refractivity contribution in [3.63, 3.8) is 0 Å². The summed E-state index contributed by atoms with van der Waals surface area (Å²) in [5.41, 5.74) is 0.291. The summed E-state index contributed by atoms with van der Waals surface area (Å²) in [5.74, 6) is -0.964. The van der Waals surface area contributed by atoms with Crippen LogP contribution in [0.15, 0.2) is 47.3 Å². The lowest BCUT2D eigenvalue weighted by molar-refractivity contribution is -0.141. The zero-order valence-electron chi connectivity index (χ0n) is 13.8. The fraction of sp³-hybridized carbons (Fsp3) is 0.294. The number of nitrogens with zero attached hydrogens (tertiary/aromatic N) is 3. The van der Waals surface area contributed by atoms with Crippen LogP contribution in [0.2, 0.25) is 0 Å². The monoisotopic (exact) mass is 329 g/mol. The fourth-order valence-electron chi connectivity index (χ4n) is 2.12. The lowest BCUT2D eigenvalue weighted by Gasteiger charge is -2.25. The van der Waals surface area contributed by atoms with E-state index in [9.17, 15) is 14.4 Å². The number of ether oxygens (including phenoxy) is 1. The lowest BCUT2D eigenvalue weighted by Crippen LogP contribution is -2.42. The minimum Gasteiger partial charge on any atom is -0.468 e. The number of para-hydroxylation sites is 1. The molecule has 1 amide bonds. The van der Waals surface area contributed by atoms with Gasteiger partial charge in [0.05, 0.1) is 12.8 Å². The van der Waals surface area contributed by atoms with Crippen molar-refractivity contribution < 1.29 is 14.3 Å². The Morgan fingerprint density at radius 1 is 1.17 bits per heavy atom. The van der Waals surface area contributed by atoms with Crippen LogP contribution in [-0.2, 0) is 9.53 Å². The quantitative estimate of drug-likeness (QED) is 0.771. The molecule has 126 valence electrons. The van der Waals surface area contributed by atoms with Crippen molar-refractivity contribution in [2.75, 3.05) is 13.7 Å². The summed E-state index contributed by atoms with van der Waals surface area (Å²) in [6.45, 7) is 3.39. The highest BCUT2D eigenvalue weighted by Gasteiger charge is 2.23. The molecule has 7 heteroatoms. The van der Waals surface area contributed by atoms with E-state index in [2.05, 4.69) is 9.84 Å². The van der Waals surface area contributed by atoms with Crippen LogP contribution in [0.5, 0.6) is 0 Å². The van der Waals surface area contributed by atoms with Gasteiger partial charge in [0.15, 0.2) is 0 Å². The Balaban J connectivity index is 2.39. The lowest BCUT2D eigenvalue weighted by atomic mass is 10.2. The Bertz CT molecular complexity index is 784. The molecule has 24 heavy (non-hydrogen) atoms. The highest BCUT2D eigenvalue weighted by atomic mass is 16.5. The first kappa shape index (κ1) is 17.4. The van der Waals surface area contributed by atoms with Crippen molar-refractivity contribution >= 4 is 11.9 Å².